The number of ether oxygens (including phenoxy) is 1. The summed E-state index contributed by atoms with van der Waals surface area (Å²) in [7, 11) is 0. The van der Waals surface area contributed by atoms with Crippen molar-refractivity contribution in [2.75, 3.05) is 11.5 Å². The van der Waals surface area contributed by atoms with Crippen LogP contribution in [0.3, 0.4) is 0 Å². The van der Waals surface area contributed by atoms with Gasteiger partial charge < -0.3 is 21.1 Å². The number of carbonyl (C=O) groups is 1. The first-order valence-electron chi connectivity index (χ1n) is 23.5. The van der Waals surface area contributed by atoms with E-state index in [9.17, 15) is 4.79 Å². The monoisotopic (exact) mass is 823 g/mol. The zero-order valence-corrected chi connectivity index (χ0v) is 37.5. The van der Waals surface area contributed by atoms with Gasteiger partial charge in [-0.3, -0.25) is 0 Å². The summed E-state index contributed by atoms with van der Waals surface area (Å²) in [6.07, 6.45) is 14.0. The van der Waals surface area contributed by atoms with Gasteiger partial charge in [-0.05, 0) is 167 Å². The lowest BCUT2D eigenvalue weighted by Crippen LogP contribution is -2.52. The third kappa shape index (κ3) is 9.60. The molecule has 0 saturated heterocycles. The van der Waals surface area contributed by atoms with E-state index in [1.807, 2.05) is 54.6 Å². The molecule has 3 fully saturated rings. The zero-order valence-electron chi connectivity index (χ0n) is 37.5. The van der Waals surface area contributed by atoms with E-state index in [-0.39, 0.29) is 17.5 Å². The number of anilines is 2. The minimum atomic E-state index is -0.257. The molecule has 0 spiro atoms. The molecule has 4 aromatic rings. The summed E-state index contributed by atoms with van der Waals surface area (Å²) in [5.41, 5.74) is 21.4. The Hall–Kier alpha value is -4.55. The number of esters is 1. The van der Waals surface area contributed by atoms with Crippen LogP contribution in [0.15, 0.2) is 108 Å². The molecule has 0 heterocycles. The fourth-order valence-electron chi connectivity index (χ4n) is 12.7. The predicted molar refractivity (Wildman–Crippen MR) is 247 cm³/mol. The second-order valence-corrected chi connectivity index (χ2v) is 20.4. The molecule has 0 radical (unpaired) electrons. The van der Waals surface area contributed by atoms with Crippen LogP contribution in [0, 0.1) is 46.3 Å². The number of hydrogen-bond acceptors (Lipinski definition) is 6. The van der Waals surface area contributed by atoms with E-state index in [0.717, 1.165) is 83.7 Å². The molecule has 3 saturated carbocycles. The Morgan fingerprint density at radius 3 is 2.05 bits per heavy atom. The Morgan fingerprint density at radius 1 is 0.705 bits per heavy atom. The summed E-state index contributed by atoms with van der Waals surface area (Å²) in [6.45, 7) is 12.8. The van der Waals surface area contributed by atoms with Gasteiger partial charge in [-0.15, -0.1) is 0 Å². The summed E-state index contributed by atoms with van der Waals surface area (Å²) < 4.78 is 6.40. The molecular formula is C55H70N2O4. The molecule has 4 aliphatic carbocycles. The summed E-state index contributed by atoms with van der Waals surface area (Å²) in [4.78, 5) is 26.7. The third-order valence-corrected chi connectivity index (χ3v) is 15.9. The highest BCUT2D eigenvalue weighted by molar-refractivity contribution is 5.89. The van der Waals surface area contributed by atoms with Crippen LogP contribution in [-0.4, -0.2) is 12.1 Å². The van der Waals surface area contributed by atoms with Crippen molar-refractivity contribution in [2.24, 2.45) is 46.3 Å². The summed E-state index contributed by atoms with van der Waals surface area (Å²) in [6, 6.07) is 32.5. The maximum Gasteiger partial charge on any atom is 0.338 e. The minimum Gasteiger partial charge on any atom is -0.458 e. The lowest BCUT2D eigenvalue weighted by molar-refractivity contribution is -0.281. The van der Waals surface area contributed by atoms with Crippen molar-refractivity contribution >= 4 is 17.3 Å². The molecule has 4 aromatic carbocycles. The largest absolute Gasteiger partial charge is 0.458 e. The Bertz CT molecular complexity index is 2160. The zero-order chi connectivity index (χ0) is 42.7. The van der Waals surface area contributed by atoms with Crippen LogP contribution in [0.2, 0.25) is 0 Å². The lowest BCUT2D eigenvalue weighted by atomic mass is 9.46. The van der Waals surface area contributed by atoms with E-state index in [1.165, 1.54) is 61.6 Å². The molecule has 6 nitrogen and oxygen atoms in total. The van der Waals surface area contributed by atoms with Crippen LogP contribution in [0.25, 0.3) is 0 Å². The van der Waals surface area contributed by atoms with Crippen molar-refractivity contribution in [1.82, 2.24) is 0 Å². The van der Waals surface area contributed by atoms with E-state index in [2.05, 4.69) is 77.1 Å². The maximum atomic E-state index is 13.8. The fraction of sp³-hybridized carbons (Fsp3) is 0.509. The number of fused-ring (bicyclic) bond motifs is 5. The Morgan fingerprint density at radius 2 is 1.36 bits per heavy atom. The summed E-state index contributed by atoms with van der Waals surface area (Å²) in [5, 5.41) is 0. The number of benzene rings is 4. The average Bonchev–Trinajstić information content (AvgIpc) is 3.60. The fourth-order valence-corrected chi connectivity index (χ4v) is 12.7. The summed E-state index contributed by atoms with van der Waals surface area (Å²) in [5.74, 6) is 4.88. The van der Waals surface area contributed by atoms with Gasteiger partial charge >= 0.3 is 5.97 Å². The Labute approximate surface area is 365 Å². The van der Waals surface area contributed by atoms with Crippen molar-refractivity contribution in [3.05, 3.63) is 142 Å². The summed E-state index contributed by atoms with van der Waals surface area (Å²) >= 11 is 0. The average molecular weight is 823 g/mol. The number of nitrogens with two attached hydrogens (primary N) is 2. The lowest BCUT2D eigenvalue weighted by Gasteiger charge is -2.58. The van der Waals surface area contributed by atoms with Gasteiger partial charge in [0, 0.05) is 24.2 Å². The van der Waals surface area contributed by atoms with Crippen LogP contribution in [0.4, 0.5) is 11.4 Å². The van der Waals surface area contributed by atoms with Crippen molar-refractivity contribution in [1.29, 1.82) is 0 Å². The third-order valence-electron chi connectivity index (χ3n) is 15.9. The van der Waals surface area contributed by atoms with Gasteiger partial charge in [-0.1, -0.05) is 115 Å². The second kappa shape index (κ2) is 18.4. The molecule has 4 aliphatic rings. The first kappa shape index (κ1) is 43.1. The molecule has 0 amide bonds. The maximum absolute atomic E-state index is 13.8. The molecule has 8 unspecified atom stereocenters. The van der Waals surface area contributed by atoms with Gasteiger partial charge in [-0.2, -0.15) is 4.89 Å². The Balaban J connectivity index is 1.01. The van der Waals surface area contributed by atoms with E-state index < -0.39 is 0 Å². The first-order chi connectivity index (χ1) is 29.4. The van der Waals surface area contributed by atoms with Crippen LogP contribution >= 0.6 is 0 Å². The van der Waals surface area contributed by atoms with Gasteiger partial charge in [0.2, 0.25) is 0 Å². The SMILES string of the molecule is CC(C)CCCC(C)C1CCC2C3CC(OOCc4cccc(Cc5ccc(N)cc5)c4)=C4CC(OC(=O)c5cccc(Cc6ccc(N)cc6)c5)CCC4(C)C3CCC12C. The van der Waals surface area contributed by atoms with Crippen LogP contribution in [-0.2, 0) is 34.0 Å². The second-order valence-electron chi connectivity index (χ2n) is 20.4. The molecule has 0 aromatic heterocycles. The Kier molecular flexibility index (Phi) is 13.0. The van der Waals surface area contributed by atoms with Crippen LogP contribution in [0.5, 0.6) is 0 Å². The van der Waals surface area contributed by atoms with Gasteiger partial charge in [0.25, 0.3) is 0 Å². The minimum absolute atomic E-state index is 0.0230. The highest BCUT2D eigenvalue weighted by Crippen LogP contribution is 2.68. The van der Waals surface area contributed by atoms with Crippen LogP contribution < -0.4 is 11.5 Å². The van der Waals surface area contributed by atoms with Crippen LogP contribution in [0.1, 0.15) is 143 Å². The van der Waals surface area contributed by atoms with E-state index in [4.69, 9.17) is 26.0 Å². The number of nitrogen functional groups attached to an aromatic ring is 2. The molecule has 61 heavy (non-hydrogen) atoms. The molecule has 8 atom stereocenters. The topological polar surface area (TPSA) is 96.8 Å². The highest BCUT2D eigenvalue weighted by Gasteiger charge is 2.61. The van der Waals surface area contributed by atoms with Crippen molar-refractivity contribution in [3.63, 3.8) is 0 Å². The van der Waals surface area contributed by atoms with Gasteiger partial charge in [0.1, 0.15) is 18.5 Å². The van der Waals surface area contributed by atoms with Crippen molar-refractivity contribution in [2.45, 2.75) is 131 Å². The number of carbonyl (C=O) groups excluding carboxylic acids is 1. The molecule has 0 aliphatic heterocycles. The molecular weight excluding hydrogens is 753 g/mol. The molecule has 0 bridgehead atoms. The van der Waals surface area contributed by atoms with E-state index in [1.54, 1.807) is 0 Å². The van der Waals surface area contributed by atoms with E-state index >= 15 is 0 Å². The molecule has 324 valence electrons. The number of allylic oxidation sites excluding steroid dienone is 1. The predicted octanol–water partition coefficient (Wildman–Crippen LogP) is 13.1. The standard InChI is InChI=1S/C55H70N2O4/c1-36(2)9-6-10-37(3)48-23-24-49-47-34-52(61-59-35-42-13-7-11-40(31-42)29-38-15-19-44(56)20-16-38)51-33-46(25-27-55(51,5)50(47)26-28-54(48,49)4)60-53(58)43-14-8-12-41(32-43)30-39-17-21-45(57)22-18-39/h7-8,11-22,31-32,36-37,46-50H,6,9-10,23-30,33-35,56-57H2,1-5H3. The number of rotatable bonds is 15. The normalized spacial score (nSPS) is 27.5. The first-order valence-corrected chi connectivity index (χ1v) is 23.5. The quantitative estimate of drug-likeness (QED) is 0.0536. The van der Waals surface area contributed by atoms with Gasteiger partial charge in [0.15, 0.2) is 0 Å². The van der Waals surface area contributed by atoms with E-state index in [0.29, 0.717) is 41.8 Å². The highest BCUT2D eigenvalue weighted by atomic mass is 17.2. The molecule has 8 rings (SSSR count). The van der Waals surface area contributed by atoms with Gasteiger partial charge in [0.05, 0.1) is 5.56 Å². The van der Waals surface area contributed by atoms with Crippen molar-refractivity contribution < 1.29 is 19.3 Å². The van der Waals surface area contributed by atoms with Crippen molar-refractivity contribution in [3.8, 4) is 0 Å². The molecule has 4 N–H and O–H groups in total. The smallest absolute Gasteiger partial charge is 0.338 e. The molecule has 6 heteroatoms. The van der Waals surface area contributed by atoms with Gasteiger partial charge in [-0.25, -0.2) is 4.79 Å². The number of hydrogen-bond donors (Lipinski definition) is 2.